The van der Waals surface area contributed by atoms with Crippen molar-refractivity contribution in [2.24, 2.45) is 5.84 Å². The Morgan fingerprint density at radius 3 is 2.19 bits per heavy atom. The molecule has 0 saturated carbocycles. The lowest BCUT2D eigenvalue weighted by molar-refractivity contribution is 0.651. The normalized spacial score (nSPS) is 12.4. The van der Waals surface area contributed by atoms with Crippen molar-refractivity contribution in [1.29, 1.82) is 0 Å². The van der Waals surface area contributed by atoms with Crippen molar-refractivity contribution in [3.8, 4) is 0 Å². The van der Waals surface area contributed by atoms with Crippen molar-refractivity contribution in [2.45, 2.75) is 33.7 Å². The fourth-order valence-corrected chi connectivity index (χ4v) is 1.96. The van der Waals surface area contributed by atoms with Crippen molar-refractivity contribution >= 4 is 15.9 Å². The van der Waals surface area contributed by atoms with Crippen LogP contribution in [0.1, 0.15) is 36.6 Å². The van der Waals surface area contributed by atoms with Gasteiger partial charge in [0.2, 0.25) is 0 Å². The first-order valence-electron chi connectivity index (χ1n) is 5.33. The molecule has 0 radical (unpaired) electrons. The molecular weight excluding hydrogens is 264 g/mol. The van der Waals surface area contributed by atoms with Gasteiger partial charge in [-0.05, 0) is 44.4 Å². The Bertz CT molecular complexity index is 383. The second-order valence-corrected chi connectivity index (χ2v) is 5.15. The summed E-state index contributed by atoms with van der Waals surface area (Å²) in [6.45, 7) is 8.33. The molecule has 1 aromatic carbocycles. The number of rotatable bonds is 3. The van der Waals surface area contributed by atoms with Crippen LogP contribution in [-0.4, -0.2) is 0 Å². The lowest BCUT2D eigenvalue weighted by Gasteiger charge is -2.15. The Morgan fingerprint density at radius 2 is 1.81 bits per heavy atom. The Hall–Kier alpha value is -0.640. The molecule has 2 nitrogen and oxygen atoms in total. The average Bonchev–Trinajstić information content (AvgIpc) is 2.21. The molecule has 1 rings (SSSR count). The summed E-state index contributed by atoms with van der Waals surface area (Å²) in [5.41, 5.74) is 7.75. The van der Waals surface area contributed by atoms with Crippen LogP contribution in [0.5, 0.6) is 0 Å². The third-order valence-corrected chi connectivity index (χ3v) is 3.75. The second kappa shape index (κ2) is 5.62. The summed E-state index contributed by atoms with van der Waals surface area (Å²) < 4.78 is 1.17. The standard InChI is InChI=1S/C13H19BrN2/c1-8(2)5-12(16-15)11-6-9(3)13(14)10(4)7-11/h5-7,12,16H,15H2,1-4H3. The SMILES string of the molecule is CC(C)=CC(NN)c1cc(C)c(Br)c(C)c1. The maximum atomic E-state index is 5.58. The summed E-state index contributed by atoms with van der Waals surface area (Å²) in [5.74, 6) is 5.58. The van der Waals surface area contributed by atoms with Gasteiger partial charge in [-0.1, -0.05) is 39.7 Å². The van der Waals surface area contributed by atoms with Crippen LogP contribution in [0.4, 0.5) is 0 Å². The summed E-state index contributed by atoms with van der Waals surface area (Å²) in [6, 6.07) is 4.39. The fraction of sp³-hybridized carbons (Fsp3) is 0.385. The number of hydrogen-bond donors (Lipinski definition) is 2. The van der Waals surface area contributed by atoms with Gasteiger partial charge in [0.15, 0.2) is 0 Å². The highest BCUT2D eigenvalue weighted by atomic mass is 79.9. The molecule has 0 aliphatic rings. The van der Waals surface area contributed by atoms with Gasteiger partial charge < -0.3 is 0 Å². The molecular formula is C13H19BrN2. The Kier molecular flexibility index (Phi) is 4.71. The quantitative estimate of drug-likeness (QED) is 0.506. The predicted octanol–water partition coefficient (Wildman–Crippen LogP) is 3.54. The van der Waals surface area contributed by atoms with E-state index in [0.29, 0.717) is 0 Å². The highest BCUT2D eigenvalue weighted by Gasteiger charge is 2.09. The summed E-state index contributed by atoms with van der Waals surface area (Å²) in [4.78, 5) is 0. The van der Waals surface area contributed by atoms with Crippen LogP contribution in [-0.2, 0) is 0 Å². The van der Waals surface area contributed by atoms with Crippen LogP contribution in [0.15, 0.2) is 28.3 Å². The van der Waals surface area contributed by atoms with Gasteiger partial charge in [-0.25, -0.2) is 5.43 Å². The van der Waals surface area contributed by atoms with E-state index >= 15 is 0 Å². The highest BCUT2D eigenvalue weighted by molar-refractivity contribution is 9.10. The molecule has 1 unspecified atom stereocenters. The van der Waals surface area contributed by atoms with Gasteiger partial charge in [-0.15, -0.1) is 0 Å². The van der Waals surface area contributed by atoms with Crippen molar-refractivity contribution in [3.63, 3.8) is 0 Å². The minimum Gasteiger partial charge on any atom is -0.271 e. The molecule has 0 bridgehead atoms. The lowest BCUT2D eigenvalue weighted by atomic mass is 10.0. The molecule has 3 heteroatoms. The first kappa shape index (κ1) is 13.4. The van der Waals surface area contributed by atoms with Gasteiger partial charge in [0, 0.05) is 4.47 Å². The van der Waals surface area contributed by atoms with Crippen LogP contribution in [0.3, 0.4) is 0 Å². The predicted molar refractivity (Wildman–Crippen MR) is 73.1 cm³/mol. The molecule has 0 aromatic heterocycles. The zero-order valence-corrected chi connectivity index (χ0v) is 11.9. The Labute approximate surface area is 106 Å². The molecule has 0 amide bonds. The van der Waals surface area contributed by atoms with E-state index in [1.807, 2.05) is 0 Å². The Balaban J connectivity index is 3.16. The zero-order valence-electron chi connectivity index (χ0n) is 10.3. The van der Waals surface area contributed by atoms with E-state index in [-0.39, 0.29) is 6.04 Å². The van der Waals surface area contributed by atoms with Crippen molar-refractivity contribution in [1.82, 2.24) is 5.43 Å². The molecule has 0 fully saturated rings. The summed E-state index contributed by atoms with van der Waals surface area (Å²) in [5, 5.41) is 0. The second-order valence-electron chi connectivity index (χ2n) is 4.36. The summed E-state index contributed by atoms with van der Waals surface area (Å²) in [7, 11) is 0. The minimum atomic E-state index is 0.0792. The van der Waals surface area contributed by atoms with Gasteiger partial charge in [0.25, 0.3) is 0 Å². The molecule has 0 saturated heterocycles. The molecule has 0 aliphatic carbocycles. The highest BCUT2D eigenvalue weighted by Crippen LogP contribution is 2.26. The number of hydrogen-bond acceptors (Lipinski definition) is 2. The molecule has 1 atom stereocenters. The molecule has 0 spiro atoms. The van der Waals surface area contributed by atoms with Crippen LogP contribution in [0.25, 0.3) is 0 Å². The largest absolute Gasteiger partial charge is 0.271 e. The zero-order chi connectivity index (χ0) is 12.3. The first-order valence-corrected chi connectivity index (χ1v) is 6.12. The fourth-order valence-electron chi connectivity index (χ4n) is 1.73. The number of benzene rings is 1. The van der Waals surface area contributed by atoms with Gasteiger partial charge in [0.1, 0.15) is 0 Å². The Morgan fingerprint density at radius 1 is 1.31 bits per heavy atom. The number of aryl methyl sites for hydroxylation is 2. The van der Waals surface area contributed by atoms with E-state index < -0.39 is 0 Å². The monoisotopic (exact) mass is 282 g/mol. The van der Waals surface area contributed by atoms with Crippen molar-refractivity contribution in [3.05, 3.63) is 44.9 Å². The molecule has 16 heavy (non-hydrogen) atoms. The number of hydrazine groups is 1. The molecule has 0 heterocycles. The average molecular weight is 283 g/mol. The van der Waals surface area contributed by atoms with Crippen LogP contribution in [0.2, 0.25) is 0 Å². The van der Waals surface area contributed by atoms with E-state index in [2.05, 4.69) is 67.3 Å². The van der Waals surface area contributed by atoms with Crippen molar-refractivity contribution in [2.75, 3.05) is 0 Å². The number of halogens is 1. The summed E-state index contributed by atoms with van der Waals surface area (Å²) >= 11 is 3.57. The van der Waals surface area contributed by atoms with Gasteiger partial charge in [0.05, 0.1) is 6.04 Å². The first-order chi connectivity index (χ1) is 7.45. The molecule has 3 N–H and O–H groups in total. The molecule has 0 aliphatic heterocycles. The molecule has 1 aromatic rings. The van der Waals surface area contributed by atoms with E-state index in [1.165, 1.54) is 26.7 Å². The number of nitrogens with two attached hydrogens (primary N) is 1. The van der Waals surface area contributed by atoms with E-state index in [0.717, 1.165) is 0 Å². The lowest BCUT2D eigenvalue weighted by Crippen LogP contribution is -2.26. The van der Waals surface area contributed by atoms with Crippen molar-refractivity contribution < 1.29 is 0 Å². The van der Waals surface area contributed by atoms with E-state index in [9.17, 15) is 0 Å². The van der Waals surface area contributed by atoms with Gasteiger partial charge in [-0.2, -0.15) is 0 Å². The maximum Gasteiger partial charge on any atom is 0.0643 e. The van der Waals surface area contributed by atoms with Crippen LogP contribution in [0, 0.1) is 13.8 Å². The maximum absolute atomic E-state index is 5.58. The van der Waals surface area contributed by atoms with Crippen LogP contribution >= 0.6 is 15.9 Å². The van der Waals surface area contributed by atoms with Crippen LogP contribution < -0.4 is 11.3 Å². The molecule has 88 valence electrons. The number of allylic oxidation sites excluding steroid dienone is 1. The van der Waals surface area contributed by atoms with E-state index in [1.54, 1.807) is 0 Å². The third-order valence-electron chi connectivity index (χ3n) is 2.50. The topological polar surface area (TPSA) is 38.0 Å². The smallest absolute Gasteiger partial charge is 0.0643 e. The van der Waals surface area contributed by atoms with Gasteiger partial charge in [-0.3, -0.25) is 5.84 Å². The number of nitrogens with one attached hydrogen (secondary N) is 1. The third kappa shape index (κ3) is 3.17. The van der Waals surface area contributed by atoms with E-state index in [4.69, 9.17) is 5.84 Å². The van der Waals surface area contributed by atoms with Gasteiger partial charge >= 0.3 is 0 Å². The summed E-state index contributed by atoms with van der Waals surface area (Å²) in [6.07, 6.45) is 2.13. The minimum absolute atomic E-state index is 0.0792.